The van der Waals surface area contributed by atoms with E-state index >= 15 is 0 Å². The van der Waals surface area contributed by atoms with Crippen molar-refractivity contribution in [2.75, 3.05) is 13.2 Å². The number of carbonyl (C=O) groups excluding carboxylic acids is 1. The number of carbonyl (C=O) groups is 2. The van der Waals surface area contributed by atoms with Gasteiger partial charge in [0.15, 0.2) is 6.10 Å². The van der Waals surface area contributed by atoms with Crippen molar-refractivity contribution in [2.45, 2.75) is 31.6 Å². The van der Waals surface area contributed by atoms with Crippen LogP contribution in [0, 0.1) is 5.82 Å². The van der Waals surface area contributed by atoms with Gasteiger partial charge in [0.25, 0.3) is 5.91 Å². The molecule has 0 bridgehead atoms. The summed E-state index contributed by atoms with van der Waals surface area (Å²) < 4.78 is 24.0. The highest BCUT2D eigenvalue weighted by atomic mass is 19.1. The summed E-state index contributed by atoms with van der Waals surface area (Å²) in [6.45, 7) is 0.913. The molecule has 6 nitrogen and oxygen atoms in total. The molecule has 1 saturated heterocycles. The van der Waals surface area contributed by atoms with Crippen LogP contribution in [-0.4, -0.2) is 47.2 Å². The lowest BCUT2D eigenvalue weighted by molar-refractivity contribution is -0.155. The molecule has 1 N–H and O–H groups in total. The first-order valence-electron chi connectivity index (χ1n) is 7.13. The number of rotatable bonds is 2. The van der Waals surface area contributed by atoms with Crippen molar-refractivity contribution in [3.63, 3.8) is 0 Å². The predicted molar refractivity (Wildman–Crippen MR) is 72.8 cm³/mol. The standard InChI is InChI=1S/C15H16FNO5/c16-10-2-1-9-8-17(5-6-21-13(9)7-10)14(18)11-3-4-12(22-11)15(19)20/h1-2,7,11-12H,3-6,8H2,(H,19,20). The fourth-order valence-corrected chi connectivity index (χ4v) is 2.74. The molecule has 2 unspecified atom stereocenters. The van der Waals surface area contributed by atoms with Gasteiger partial charge in [-0.2, -0.15) is 0 Å². The molecule has 118 valence electrons. The molecule has 1 amide bonds. The Morgan fingerprint density at radius 2 is 2.05 bits per heavy atom. The number of aliphatic carboxylic acids is 1. The minimum absolute atomic E-state index is 0.246. The molecule has 2 heterocycles. The number of nitrogens with zero attached hydrogens (tertiary/aromatic N) is 1. The Balaban J connectivity index is 1.71. The van der Waals surface area contributed by atoms with Crippen LogP contribution in [0.25, 0.3) is 0 Å². The third-order valence-corrected chi connectivity index (χ3v) is 3.89. The number of carboxylic acid groups (broad SMARTS) is 1. The highest BCUT2D eigenvalue weighted by Crippen LogP contribution is 2.27. The molecule has 0 saturated carbocycles. The summed E-state index contributed by atoms with van der Waals surface area (Å²) in [6.07, 6.45) is -0.928. The Labute approximate surface area is 126 Å². The van der Waals surface area contributed by atoms with E-state index in [1.54, 1.807) is 11.0 Å². The van der Waals surface area contributed by atoms with Gasteiger partial charge in [0.05, 0.1) is 6.54 Å². The van der Waals surface area contributed by atoms with Gasteiger partial charge >= 0.3 is 5.97 Å². The number of fused-ring (bicyclic) bond motifs is 1. The maximum absolute atomic E-state index is 13.2. The second-order valence-electron chi connectivity index (χ2n) is 5.39. The van der Waals surface area contributed by atoms with E-state index in [1.807, 2.05) is 0 Å². The van der Waals surface area contributed by atoms with Crippen molar-refractivity contribution in [3.8, 4) is 5.75 Å². The molecular weight excluding hydrogens is 293 g/mol. The van der Waals surface area contributed by atoms with Gasteiger partial charge in [0, 0.05) is 18.2 Å². The number of halogens is 1. The molecular formula is C15H16FNO5. The van der Waals surface area contributed by atoms with Crippen molar-refractivity contribution >= 4 is 11.9 Å². The Bertz CT molecular complexity index is 606. The van der Waals surface area contributed by atoms with Gasteiger partial charge in [-0.15, -0.1) is 0 Å². The van der Waals surface area contributed by atoms with Crippen LogP contribution in [0.3, 0.4) is 0 Å². The van der Waals surface area contributed by atoms with Crippen LogP contribution < -0.4 is 4.74 Å². The second-order valence-corrected chi connectivity index (χ2v) is 5.39. The van der Waals surface area contributed by atoms with Crippen molar-refractivity contribution in [3.05, 3.63) is 29.6 Å². The van der Waals surface area contributed by atoms with Crippen LogP contribution in [-0.2, 0) is 20.9 Å². The zero-order valence-corrected chi connectivity index (χ0v) is 11.8. The Hall–Kier alpha value is -2.15. The van der Waals surface area contributed by atoms with E-state index in [0.717, 1.165) is 5.56 Å². The van der Waals surface area contributed by atoms with E-state index in [-0.39, 0.29) is 18.3 Å². The van der Waals surface area contributed by atoms with Crippen molar-refractivity contribution < 1.29 is 28.6 Å². The van der Waals surface area contributed by atoms with Crippen LogP contribution in [0.1, 0.15) is 18.4 Å². The summed E-state index contributed by atoms with van der Waals surface area (Å²) in [4.78, 5) is 24.9. The molecule has 2 aliphatic rings. The highest BCUT2D eigenvalue weighted by molar-refractivity contribution is 5.83. The van der Waals surface area contributed by atoms with Crippen molar-refractivity contribution in [1.29, 1.82) is 0 Å². The molecule has 0 radical (unpaired) electrons. The predicted octanol–water partition coefficient (Wildman–Crippen LogP) is 1.18. The van der Waals surface area contributed by atoms with Crippen LogP contribution in [0.4, 0.5) is 4.39 Å². The van der Waals surface area contributed by atoms with Crippen LogP contribution in [0.5, 0.6) is 5.75 Å². The maximum atomic E-state index is 13.2. The van der Waals surface area contributed by atoms with Crippen molar-refractivity contribution in [1.82, 2.24) is 4.90 Å². The lowest BCUT2D eigenvalue weighted by atomic mass is 10.1. The summed E-state index contributed by atoms with van der Waals surface area (Å²) >= 11 is 0. The largest absolute Gasteiger partial charge is 0.491 e. The van der Waals surface area contributed by atoms with Crippen LogP contribution in [0.2, 0.25) is 0 Å². The van der Waals surface area contributed by atoms with E-state index in [9.17, 15) is 14.0 Å². The molecule has 7 heteroatoms. The molecule has 0 aromatic heterocycles. The number of ether oxygens (including phenoxy) is 2. The molecule has 1 fully saturated rings. The minimum atomic E-state index is -1.05. The number of benzene rings is 1. The van der Waals surface area contributed by atoms with E-state index in [2.05, 4.69) is 0 Å². The first-order chi connectivity index (χ1) is 10.5. The van der Waals surface area contributed by atoms with Gasteiger partial charge in [-0.05, 0) is 18.9 Å². The maximum Gasteiger partial charge on any atom is 0.332 e. The van der Waals surface area contributed by atoms with Crippen LogP contribution >= 0.6 is 0 Å². The average molecular weight is 309 g/mol. The van der Waals surface area contributed by atoms with E-state index < -0.39 is 18.2 Å². The number of carboxylic acids is 1. The summed E-state index contributed by atoms with van der Waals surface area (Å²) in [5.74, 6) is -1.24. The van der Waals surface area contributed by atoms with Crippen molar-refractivity contribution in [2.24, 2.45) is 0 Å². The first-order valence-corrected chi connectivity index (χ1v) is 7.13. The second kappa shape index (κ2) is 5.92. The lowest BCUT2D eigenvalue weighted by Crippen LogP contribution is -2.40. The zero-order chi connectivity index (χ0) is 15.7. The van der Waals surface area contributed by atoms with Gasteiger partial charge in [-0.3, -0.25) is 4.79 Å². The monoisotopic (exact) mass is 309 g/mol. The minimum Gasteiger partial charge on any atom is -0.491 e. The molecule has 2 aliphatic heterocycles. The molecule has 1 aromatic carbocycles. The normalized spacial score (nSPS) is 24.3. The van der Waals surface area contributed by atoms with E-state index in [1.165, 1.54) is 12.1 Å². The van der Waals surface area contributed by atoms with E-state index in [0.29, 0.717) is 31.7 Å². The third kappa shape index (κ3) is 2.89. The Morgan fingerprint density at radius 3 is 2.77 bits per heavy atom. The lowest BCUT2D eigenvalue weighted by Gasteiger charge is -2.23. The van der Waals surface area contributed by atoms with Gasteiger partial charge in [-0.25, -0.2) is 9.18 Å². The summed E-state index contributed by atoms with van der Waals surface area (Å²) in [6, 6.07) is 4.21. The topological polar surface area (TPSA) is 76.1 Å². The van der Waals surface area contributed by atoms with Gasteiger partial charge in [0.1, 0.15) is 24.3 Å². The molecule has 0 spiro atoms. The van der Waals surface area contributed by atoms with Gasteiger partial charge < -0.3 is 19.5 Å². The molecule has 1 aromatic rings. The molecule has 2 atom stereocenters. The number of hydrogen-bond donors (Lipinski definition) is 1. The smallest absolute Gasteiger partial charge is 0.332 e. The summed E-state index contributed by atoms with van der Waals surface area (Å²) in [5.41, 5.74) is 0.722. The Morgan fingerprint density at radius 1 is 1.27 bits per heavy atom. The first kappa shape index (κ1) is 14.8. The molecule has 22 heavy (non-hydrogen) atoms. The molecule has 0 aliphatic carbocycles. The molecule has 3 rings (SSSR count). The quantitative estimate of drug-likeness (QED) is 0.888. The average Bonchev–Trinajstić information content (AvgIpc) is 2.89. The summed E-state index contributed by atoms with van der Waals surface area (Å²) in [7, 11) is 0. The highest BCUT2D eigenvalue weighted by Gasteiger charge is 2.37. The third-order valence-electron chi connectivity index (χ3n) is 3.89. The number of amides is 1. The SMILES string of the molecule is O=C(O)C1CCC(C(=O)N2CCOc3cc(F)ccc3C2)O1. The van der Waals surface area contributed by atoms with E-state index in [4.69, 9.17) is 14.6 Å². The van der Waals surface area contributed by atoms with Gasteiger partial charge in [-0.1, -0.05) is 6.07 Å². The Kier molecular flexibility index (Phi) is 3.98. The van der Waals surface area contributed by atoms with Gasteiger partial charge in [0.2, 0.25) is 0 Å². The zero-order valence-electron chi connectivity index (χ0n) is 11.8. The van der Waals surface area contributed by atoms with Crippen LogP contribution in [0.15, 0.2) is 18.2 Å². The fourth-order valence-electron chi connectivity index (χ4n) is 2.74. The fraction of sp³-hybridized carbons (Fsp3) is 0.467. The summed E-state index contributed by atoms with van der Waals surface area (Å²) in [5, 5.41) is 8.92. The number of hydrogen-bond acceptors (Lipinski definition) is 4.